The number of amides is 1. The lowest BCUT2D eigenvalue weighted by Crippen LogP contribution is -2.26. The normalized spacial score (nSPS) is 11.9. The van der Waals surface area contributed by atoms with Gasteiger partial charge in [-0.05, 0) is 49.7 Å². The molecule has 0 saturated carbocycles. The SMILES string of the molecule is CC(NC(=O)CCCc1nc(-c2ccc(Cl)cc2)no1)c1ccccn1. The average molecular weight is 371 g/mol. The summed E-state index contributed by atoms with van der Waals surface area (Å²) in [4.78, 5) is 20.7. The number of nitrogens with zero attached hydrogens (tertiary/aromatic N) is 3. The summed E-state index contributed by atoms with van der Waals surface area (Å²) in [6.07, 6.45) is 3.27. The van der Waals surface area contributed by atoms with Gasteiger partial charge in [-0.2, -0.15) is 4.98 Å². The lowest BCUT2D eigenvalue weighted by atomic mass is 10.2. The molecule has 0 spiro atoms. The third-order valence-corrected chi connectivity index (χ3v) is 4.13. The number of halogens is 1. The minimum Gasteiger partial charge on any atom is -0.348 e. The highest BCUT2D eigenvalue weighted by molar-refractivity contribution is 6.30. The van der Waals surface area contributed by atoms with Crippen molar-refractivity contribution in [1.82, 2.24) is 20.4 Å². The second kappa shape index (κ2) is 8.58. The molecule has 2 aromatic heterocycles. The average Bonchev–Trinajstić information content (AvgIpc) is 3.12. The first-order valence-electron chi connectivity index (χ1n) is 8.40. The predicted octanol–water partition coefficient (Wildman–Crippen LogP) is 3.99. The molecule has 1 N–H and O–H groups in total. The minimum absolute atomic E-state index is 0.0272. The first-order valence-corrected chi connectivity index (χ1v) is 8.78. The van der Waals surface area contributed by atoms with E-state index in [1.165, 1.54) is 0 Å². The Morgan fingerprint density at radius 3 is 2.77 bits per heavy atom. The molecule has 1 unspecified atom stereocenters. The van der Waals surface area contributed by atoms with Crippen LogP contribution in [0.5, 0.6) is 0 Å². The third-order valence-electron chi connectivity index (χ3n) is 3.87. The molecule has 3 aromatic rings. The quantitative estimate of drug-likeness (QED) is 0.680. The van der Waals surface area contributed by atoms with Gasteiger partial charge in [-0.3, -0.25) is 9.78 Å². The first-order chi connectivity index (χ1) is 12.6. The molecule has 0 fully saturated rings. The van der Waals surface area contributed by atoms with Crippen LogP contribution in [0.2, 0.25) is 5.02 Å². The van der Waals surface area contributed by atoms with Crippen LogP contribution in [-0.4, -0.2) is 21.0 Å². The second-order valence-corrected chi connectivity index (χ2v) is 6.35. The molecule has 1 amide bonds. The number of nitrogens with one attached hydrogen (secondary N) is 1. The maximum Gasteiger partial charge on any atom is 0.226 e. The molecular weight excluding hydrogens is 352 g/mol. The maximum atomic E-state index is 12.1. The minimum atomic E-state index is -0.122. The van der Waals surface area contributed by atoms with Crippen LogP contribution in [0.15, 0.2) is 53.2 Å². The molecule has 0 aliphatic carbocycles. The highest BCUT2D eigenvalue weighted by Gasteiger charge is 2.12. The van der Waals surface area contributed by atoms with Crippen molar-refractivity contribution in [3.8, 4) is 11.4 Å². The van der Waals surface area contributed by atoms with Crippen molar-refractivity contribution in [3.05, 3.63) is 65.3 Å². The summed E-state index contributed by atoms with van der Waals surface area (Å²) in [6.45, 7) is 1.91. The molecule has 0 aliphatic heterocycles. The van der Waals surface area contributed by atoms with Crippen molar-refractivity contribution in [2.75, 3.05) is 0 Å². The number of carbonyl (C=O) groups is 1. The van der Waals surface area contributed by atoms with E-state index in [0.29, 0.717) is 36.0 Å². The summed E-state index contributed by atoms with van der Waals surface area (Å²) in [7, 11) is 0. The Morgan fingerprint density at radius 1 is 1.23 bits per heavy atom. The molecule has 6 nitrogen and oxygen atoms in total. The van der Waals surface area contributed by atoms with Crippen LogP contribution < -0.4 is 5.32 Å². The summed E-state index contributed by atoms with van der Waals surface area (Å²) >= 11 is 5.87. The standard InChI is InChI=1S/C19H19ClN4O2/c1-13(16-5-2-3-12-21-16)22-17(25)6-4-7-18-23-19(24-26-18)14-8-10-15(20)11-9-14/h2-3,5,8-13H,4,6-7H2,1H3,(H,22,25). The van der Waals surface area contributed by atoms with Crippen LogP contribution in [0.1, 0.15) is 37.4 Å². The first kappa shape index (κ1) is 18.1. The van der Waals surface area contributed by atoms with Gasteiger partial charge in [-0.25, -0.2) is 0 Å². The van der Waals surface area contributed by atoms with Crippen molar-refractivity contribution >= 4 is 17.5 Å². The van der Waals surface area contributed by atoms with Crippen molar-refractivity contribution in [1.29, 1.82) is 0 Å². The molecule has 0 aliphatic rings. The maximum absolute atomic E-state index is 12.1. The molecule has 2 heterocycles. The zero-order chi connectivity index (χ0) is 18.4. The van der Waals surface area contributed by atoms with E-state index in [9.17, 15) is 4.79 Å². The van der Waals surface area contributed by atoms with Crippen LogP contribution >= 0.6 is 11.6 Å². The van der Waals surface area contributed by atoms with Gasteiger partial charge in [0.2, 0.25) is 17.6 Å². The van der Waals surface area contributed by atoms with Crippen LogP contribution in [0.4, 0.5) is 0 Å². The Hall–Kier alpha value is -2.73. The smallest absolute Gasteiger partial charge is 0.226 e. The number of rotatable bonds is 7. The molecule has 26 heavy (non-hydrogen) atoms. The van der Waals surface area contributed by atoms with Crippen LogP contribution in [-0.2, 0) is 11.2 Å². The van der Waals surface area contributed by atoms with Gasteiger partial charge in [0.15, 0.2) is 0 Å². The molecule has 134 valence electrons. The van der Waals surface area contributed by atoms with Crippen LogP contribution in [0.25, 0.3) is 11.4 Å². The van der Waals surface area contributed by atoms with E-state index in [1.54, 1.807) is 18.3 Å². The van der Waals surface area contributed by atoms with Crippen molar-refractivity contribution < 1.29 is 9.32 Å². The Kier molecular flexibility index (Phi) is 5.96. The van der Waals surface area contributed by atoms with Crippen molar-refractivity contribution in [2.45, 2.75) is 32.2 Å². The molecule has 1 aromatic carbocycles. The molecule has 0 radical (unpaired) electrons. The Labute approximate surface area is 156 Å². The fourth-order valence-corrected chi connectivity index (χ4v) is 2.62. The zero-order valence-corrected chi connectivity index (χ0v) is 15.1. The molecule has 3 rings (SSSR count). The third kappa shape index (κ3) is 4.89. The van der Waals surface area contributed by atoms with Gasteiger partial charge in [-0.1, -0.05) is 22.8 Å². The molecule has 7 heteroatoms. The molecule has 0 bridgehead atoms. The largest absolute Gasteiger partial charge is 0.348 e. The summed E-state index contributed by atoms with van der Waals surface area (Å²) in [5.41, 5.74) is 1.68. The van der Waals surface area contributed by atoms with Gasteiger partial charge in [0.05, 0.1) is 11.7 Å². The zero-order valence-electron chi connectivity index (χ0n) is 14.4. The summed E-state index contributed by atoms with van der Waals surface area (Å²) < 4.78 is 5.25. The second-order valence-electron chi connectivity index (χ2n) is 5.92. The molecule has 0 saturated heterocycles. The van der Waals surface area contributed by atoms with E-state index in [0.717, 1.165) is 11.3 Å². The Balaban J connectivity index is 1.46. The number of carbonyl (C=O) groups excluding carboxylic acids is 1. The van der Waals surface area contributed by atoms with Crippen LogP contribution in [0.3, 0.4) is 0 Å². The summed E-state index contributed by atoms with van der Waals surface area (Å²) in [6, 6.07) is 12.7. The van der Waals surface area contributed by atoms with E-state index >= 15 is 0 Å². The van der Waals surface area contributed by atoms with Gasteiger partial charge < -0.3 is 9.84 Å². The van der Waals surface area contributed by atoms with Crippen LogP contribution in [0, 0.1) is 0 Å². The fraction of sp³-hybridized carbons (Fsp3) is 0.263. The Morgan fingerprint density at radius 2 is 2.04 bits per heavy atom. The highest BCUT2D eigenvalue weighted by atomic mass is 35.5. The number of hydrogen-bond acceptors (Lipinski definition) is 5. The lowest BCUT2D eigenvalue weighted by molar-refractivity contribution is -0.121. The fourth-order valence-electron chi connectivity index (χ4n) is 2.49. The van der Waals surface area contributed by atoms with Gasteiger partial charge in [0, 0.05) is 29.6 Å². The van der Waals surface area contributed by atoms with E-state index in [2.05, 4.69) is 20.4 Å². The highest BCUT2D eigenvalue weighted by Crippen LogP contribution is 2.19. The van der Waals surface area contributed by atoms with Crippen molar-refractivity contribution in [2.24, 2.45) is 0 Å². The topological polar surface area (TPSA) is 80.9 Å². The van der Waals surface area contributed by atoms with Crippen molar-refractivity contribution in [3.63, 3.8) is 0 Å². The number of aryl methyl sites for hydroxylation is 1. The van der Waals surface area contributed by atoms with Gasteiger partial charge >= 0.3 is 0 Å². The number of hydrogen-bond donors (Lipinski definition) is 1. The van der Waals surface area contributed by atoms with Gasteiger partial charge in [0.1, 0.15) is 0 Å². The van der Waals surface area contributed by atoms with E-state index in [1.807, 2.05) is 37.3 Å². The van der Waals surface area contributed by atoms with Gasteiger partial charge in [-0.15, -0.1) is 0 Å². The predicted molar refractivity (Wildman–Crippen MR) is 98.5 cm³/mol. The van der Waals surface area contributed by atoms with Gasteiger partial charge in [0.25, 0.3) is 0 Å². The number of pyridine rings is 1. The Bertz CT molecular complexity index is 849. The summed E-state index contributed by atoms with van der Waals surface area (Å²) in [5, 5.41) is 7.56. The van der Waals surface area contributed by atoms with E-state index in [-0.39, 0.29) is 11.9 Å². The monoisotopic (exact) mass is 370 g/mol. The van der Waals surface area contributed by atoms with E-state index < -0.39 is 0 Å². The summed E-state index contributed by atoms with van der Waals surface area (Å²) in [5.74, 6) is 1.01. The molecule has 1 atom stereocenters. The number of aromatic nitrogens is 3. The molecular formula is C19H19ClN4O2. The van der Waals surface area contributed by atoms with E-state index in [4.69, 9.17) is 16.1 Å². The number of benzene rings is 1. The lowest BCUT2D eigenvalue weighted by Gasteiger charge is -2.12.